The second-order valence-electron chi connectivity index (χ2n) is 13.0. The Morgan fingerprint density at radius 2 is 0.860 bits per heavy atom. The average Bonchev–Trinajstić information content (AvgIpc) is 3.52. The van der Waals surface area contributed by atoms with E-state index in [-0.39, 0.29) is 0 Å². The third-order valence-electron chi connectivity index (χ3n) is 10.1. The largest absolute Gasteiger partial charge is 0.310 e. The lowest BCUT2D eigenvalue weighted by molar-refractivity contribution is 1.18. The fourth-order valence-electron chi connectivity index (χ4n) is 7.80. The molecule has 0 N–H and O–H groups in total. The normalized spacial score (nSPS) is 11.6. The summed E-state index contributed by atoms with van der Waals surface area (Å²) < 4.78 is 2.37. The zero-order chi connectivity index (χ0) is 33.0. The molecule has 0 atom stereocenters. The van der Waals surface area contributed by atoms with Gasteiger partial charge in [-0.15, -0.1) is 0 Å². The van der Waals surface area contributed by atoms with Crippen LogP contribution in [0.25, 0.3) is 70.9 Å². The highest BCUT2D eigenvalue weighted by Gasteiger charge is 2.18. The highest BCUT2D eigenvalue weighted by atomic mass is 15.1. The van der Waals surface area contributed by atoms with Gasteiger partial charge in [-0.2, -0.15) is 0 Å². The van der Waals surface area contributed by atoms with E-state index in [2.05, 4.69) is 204 Å². The van der Waals surface area contributed by atoms with Gasteiger partial charge in [0, 0.05) is 33.5 Å². The Kier molecular flexibility index (Phi) is 6.53. The van der Waals surface area contributed by atoms with Crippen LogP contribution < -0.4 is 4.90 Å². The molecule has 0 saturated carbocycles. The Morgan fingerprint density at radius 3 is 1.66 bits per heavy atom. The molecule has 1 heterocycles. The van der Waals surface area contributed by atoms with Crippen molar-refractivity contribution in [2.75, 3.05) is 4.90 Å². The first kappa shape index (κ1) is 28.4. The first-order valence-corrected chi connectivity index (χ1v) is 17.2. The van der Waals surface area contributed by atoms with E-state index in [0.717, 1.165) is 22.7 Å². The van der Waals surface area contributed by atoms with Crippen molar-refractivity contribution in [3.05, 3.63) is 194 Å². The molecule has 10 rings (SSSR count). The van der Waals surface area contributed by atoms with Crippen LogP contribution in [0, 0.1) is 0 Å². The van der Waals surface area contributed by atoms with Crippen molar-refractivity contribution < 1.29 is 0 Å². The van der Waals surface area contributed by atoms with E-state index in [1.807, 2.05) is 0 Å². The molecule has 10 aromatic rings. The first-order chi connectivity index (χ1) is 24.8. The van der Waals surface area contributed by atoms with E-state index in [1.54, 1.807) is 0 Å². The van der Waals surface area contributed by atoms with E-state index in [0.29, 0.717) is 0 Å². The second-order valence-corrected chi connectivity index (χ2v) is 13.0. The summed E-state index contributed by atoms with van der Waals surface area (Å²) in [6, 6.07) is 70.6. The Morgan fingerprint density at radius 1 is 0.320 bits per heavy atom. The SMILES string of the molecule is c1ccc(-n2c3ccccc3c3cc(N(c4ccc(-c5cccc6ccccc56)cc4)c4ccc5ccc6ccccc6c5c4)ccc32)cc1. The Bertz CT molecular complexity index is 2860. The van der Waals surface area contributed by atoms with Crippen LogP contribution in [0.3, 0.4) is 0 Å². The number of aromatic nitrogens is 1. The predicted octanol–water partition coefficient (Wildman–Crippen LogP) is 13.4. The number of para-hydroxylation sites is 2. The van der Waals surface area contributed by atoms with Gasteiger partial charge in [-0.1, -0.05) is 133 Å². The lowest BCUT2D eigenvalue weighted by Crippen LogP contribution is -2.10. The molecule has 1 aromatic heterocycles. The molecule has 0 aliphatic rings. The van der Waals surface area contributed by atoms with Crippen molar-refractivity contribution >= 4 is 71.2 Å². The molecule has 0 spiro atoms. The Labute approximate surface area is 290 Å². The minimum atomic E-state index is 1.11. The second kappa shape index (κ2) is 11.5. The molecular weight excluding hydrogens is 605 g/mol. The third-order valence-corrected chi connectivity index (χ3v) is 10.1. The van der Waals surface area contributed by atoms with Gasteiger partial charge in [0.05, 0.1) is 11.0 Å². The van der Waals surface area contributed by atoms with Crippen molar-refractivity contribution in [3.8, 4) is 16.8 Å². The van der Waals surface area contributed by atoms with Crippen LogP contribution >= 0.6 is 0 Å². The van der Waals surface area contributed by atoms with Gasteiger partial charge in [0.15, 0.2) is 0 Å². The van der Waals surface area contributed by atoms with E-state index < -0.39 is 0 Å². The molecule has 0 unspecified atom stereocenters. The lowest BCUT2D eigenvalue weighted by atomic mass is 9.98. The maximum atomic E-state index is 2.40. The summed E-state index contributed by atoms with van der Waals surface area (Å²) >= 11 is 0. The highest BCUT2D eigenvalue weighted by Crippen LogP contribution is 2.42. The number of hydrogen-bond acceptors (Lipinski definition) is 1. The van der Waals surface area contributed by atoms with E-state index in [1.165, 1.54) is 65.3 Å². The summed E-state index contributed by atoms with van der Waals surface area (Å²) in [7, 11) is 0. The van der Waals surface area contributed by atoms with E-state index in [4.69, 9.17) is 0 Å². The number of nitrogens with zero attached hydrogens (tertiary/aromatic N) is 2. The van der Waals surface area contributed by atoms with Crippen LogP contribution in [-0.2, 0) is 0 Å². The molecule has 0 fully saturated rings. The third kappa shape index (κ3) is 4.57. The maximum Gasteiger partial charge on any atom is 0.0542 e. The van der Waals surface area contributed by atoms with Gasteiger partial charge in [-0.25, -0.2) is 0 Å². The van der Waals surface area contributed by atoms with Gasteiger partial charge in [0.2, 0.25) is 0 Å². The van der Waals surface area contributed by atoms with Gasteiger partial charge in [0.25, 0.3) is 0 Å². The minimum Gasteiger partial charge on any atom is -0.310 e. The van der Waals surface area contributed by atoms with Gasteiger partial charge in [0.1, 0.15) is 0 Å². The van der Waals surface area contributed by atoms with Gasteiger partial charge >= 0.3 is 0 Å². The fraction of sp³-hybridized carbons (Fsp3) is 0. The zero-order valence-electron chi connectivity index (χ0n) is 27.4. The smallest absolute Gasteiger partial charge is 0.0542 e. The summed E-state index contributed by atoms with van der Waals surface area (Å²) in [5, 5.41) is 9.98. The predicted molar refractivity (Wildman–Crippen MR) is 213 cm³/mol. The molecule has 0 aliphatic carbocycles. The molecular formula is C48H32N2. The summed E-state index contributed by atoms with van der Waals surface area (Å²) in [6.45, 7) is 0. The van der Waals surface area contributed by atoms with Crippen LogP contribution in [0.1, 0.15) is 0 Å². The standard InChI is InChI=1S/C48H32N2/c1-2-14-37(15-3-1)50-47-20-9-8-18-44(47)46-32-40(29-30-48(46)50)49(39-28-25-36-22-21-34-12-5-7-17-43(34)45(36)31-39)38-26-23-35(24-27-38)42-19-10-13-33-11-4-6-16-41(33)42/h1-32H. The fourth-order valence-corrected chi connectivity index (χ4v) is 7.80. The summed E-state index contributed by atoms with van der Waals surface area (Å²) in [4.78, 5) is 2.40. The molecule has 2 nitrogen and oxygen atoms in total. The number of anilines is 3. The van der Waals surface area contributed by atoms with E-state index >= 15 is 0 Å². The summed E-state index contributed by atoms with van der Waals surface area (Å²) in [5.41, 5.74) is 9.35. The monoisotopic (exact) mass is 636 g/mol. The molecule has 9 aromatic carbocycles. The number of rotatable bonds is 5. The Hall–Kier alpha value is -6.64. The van der Waals surface area contributed by atoms with Crippen molar-refractivity contribution in [2.24, 2.45) is 0 Å². The molecule has 2 heteroatoms. The van der Waals surface area contributed by atoms with Crippen molar-refractivity contribution in [1.29, 1.82) is 0 Å². The molecule has 0 aliphatic heterocycles. The van der Waals surface area contributed by atoms with Gasteiger partial charge in [-0.05, 0) is 104 Å². The molecule has 234 valence electrons. The molecule has 0 radical (unpaired) electrons. The highest BCUT2D eigenvalue weighted by molar-refractivity contribution is 6.12. The van der Waals surface area contributed by atoms with Crippen LogP contribution in [0.2, 0.25) is 0 Å². The number of fused-ring (bicyclic) bond motifs is 7. The average molecular weight is 637 g/mol. The van der Waals surface area contributed by atoms with Gasteiger partial charge in [-0.3, -0.25) is 0 Å². The maximum absolute atomic E-state index is 2.40. The van der Waals surface area contributed by atoms with Crippen LogP contribution in [0.4, 0.5) is 17.1 Å². The topological polar surface area (TPSA) is 8.17 Å². The number of hydrogen-bond donors (Lipinski definition) is 0. The Balaban J connectivity index is 1.19. The quantitative estimate of drug-likeness (QED) is 0.171. The summed E-state index contributed by atoms with van der Waals surface area (Å²) in [5.74, 6) is 0. The van der Waals surface area contributed by atoms with Gasteiger partial charge < -0.3 is 9.47 Å². The molecule has 50 heavy (non-hydrogen) atoms. The zero-order valence-corrected chi connectivity index (χ0v) is 27.4. The summed E-state index contributed by atoms with van der Waals surface area (Å²) in [6.07, 6.45) is 0. The van der Waals surface area contributed by atoms with E-state index in [9.17, 15) is 0 Å². The molecule has 0 amide bonds. The lowest BCUT2D eigenvalue weighted by Gasteiger charge is -2.26. The van der Waals surface area contributed by atoms with Crippen molar-refractivity contribution in [1.82, 2.24) is 4.57 Å². The van der Waals surface area contributed by atoms with Crippen molar-refractivity contribution in [2.45, 2.75) is 0 Å². The van der Waals surface area contributed by atoms with Crippen LogP contribution in [0.15, 0.2) is 194 Å². The molecule has 0 bridgehead atoms. The van der Waals surface area contributed by atoms with Crippen LogP contribution in [-0.4, -0.2) is 4.57 Å². The van der Waals surface area contributed by atoms with Crippen molar-refractivity contribution in [3.63, 3.8) is 0 Å². The van der Waals surface area contributed by atoms with Crippen LogP contribution in [0.5, 0.6) is 0 Å². The minimum absolute atomic E-state index is 1.11. The first-order valence-electron chi connectivity index (χ1n) is 17.2. The number of benzene rings is 9. The molecule has 0 saturated heterocycles.